The molecule has 74 valence electrons. The highest BCUT2D eigenvalue weighted by Gasteiger charge is 2.20. The maximum absolute atomic E-state index is 11.7. The Morgan fingerprint density at radius 2 is 2.23 bits per heavy atom. The molecule has 0 aromatic rings. The molecule has 1 aliphatic rings. The van der Waals surface area contributed by atoms with E-state index in [4.69, 9.17) is 0 Å². The normalized spacial score (nSPS) is 24.7. The van der Waals surface area contributed by atoms with Crippen LogP contribution in [0.1, 0.15) is 33.6 Å². The highest BCUT2D eigenvalue weighted by atomic mass is 16.2. The molecule has 0 aliphatic carbocycles. The lowest BCUT2D eigenvalue weighted by Gasteiger charge is -2.31. The first kappa shape index (κ1) is 10.3. The number of allylic oxidation sites excluding steroid dienone is 1. The molecule has 2 heteroatoms. The Hall–Kier alpha value is -0.790. The molecule has 0 N–H and O–H groups in total. The van der Waals surface area contributed by atoms with Crippen LogP contribution < -0.4 is 0 Å². The largest absolute Gasteiger partial charge is 0.339 e. The number of carbonyl (C=O) groups is 1. The molecule has 1 amide bonds. The van der Waals surface area contributed by atoms with Crippen molar-refractivity contribution in [2.45, 2.75) is 33.6 Å². The van der Waals surface area contributed by atoms with Gasteiger partial charge in [-0.2, -0.15) is 0 Å². The van der Waals surface area contributed by atoms with E-state index >= 15 is 0 Å². The van der Waals surface area contributed by atoms with Crippen LogP contribution in [0, 0.1) is 5.92 Å². The molecule has 0 spiro atoms. The highest BCUT2D eigenvalue weighted by molar-refractivity contribution is 5.92. The molecular formula is C11H19NO. The maximum atomic E-state index is 11.7. The van der Waals surface area contributed by atoms with Crippen LogP contribution in [0.25, 0.3) is 0 Å². The van der Waals surface area contributed by atoms with Crippen molar-refractivity contribution in [1.82, 2.24) is 4.90 Å². The van der Waals surface area contributed by atoms with Crippen LogP contribution in [-0.4, -0.2) is 23.9 Å². The molecule has 0 aromatic carbocycles. The second-order valence-corrected chi connectivity index (χ2v) is 3.97. The topological polar surface area (TPSA) is 20.3 Å². The van der Waals surface area contributed by atoms with E-state index in [0.717, 1.165) is 25.1 Å². The molecule has 1 fully saturated rings. The van der Waals surface area contributed by atoms with Crippen LogP contribution in [0.3, 0.4) is 0 Å². The summed E-state index contributed by atoms with van der Waals surface area (Å²) < 4.78 is 0. The Balaban J connectivity index is 2.56. The van der Waals surface area contributed by atoms with Gasteiger partial charge in [0.05, 0.1) is 0 Å². The van der Waals surface area contributed by atoms with Gasteiger partial charge in [0.25, 0.3) is 0 Å². The number of carbonyl (C=O) groups excluding carboxylic acids is 1. The number of hydrogen-bond acceptors (Lipinski definition) is 1. The average molecular weight is 181 g/mol. The van der Waals surface area contributed by atoms with E-state index in [-0.39, 0.29) is 5.91 Å². The third-order valence-corrected chi connectivity index (χ3v) is 2.71. The summed E-state index contributed by atoms with van der Waals surface area (Å²) >= 11 is 0. The predicted octanol–water partition coefficient (Wildman–Crippen LogP) is 2.21. The second kappa shape index (κ2) is 4.45. The fourth-order valence-electron chi connectivity index (χ4n) is 1.75. The summed E-state index contributed by atoms with van der Waals surface area (Å²) in [6.07, 6.45) is 4.31. The third kappa shape index (κ3) is 2.58. The predicted molar refractivity (Wildman–Crippen MR) is 54.4 cm³/mol. The Morgan fingerprint density at radius 3 is 2.77 bits per heavy atom. The van der Waals surface area contributed by atoms with Gasteiger partial charge in [0.15, 0.2) is 0 Å². The quantitative estimate of drug-likeness (QED) is 0.568. The molecule has 0 radical (unpaired) electrons. The van der Waals surface area contributed by atoms with Gasteiger partial charge < -0.3 is 4.90 Å². The summed E-state index contributed by atoms with van der Waals surface area (Å²) in [5.74, 6) is 0.886. The smallest absolute Gasteiger partial charge is 0.249 e. The van der Waals surface area contributed by atoms with Gasteiger partial charge in [-0.3, -0.25) is 4.79 Å². The highest BCUT2D eigenvalue weighted by Crippen LogP contribution is 2.17. The van der Waals surface area contributed by atoms with Gasteiger partial charge in [-0.15, -0.1) is 0 Å². The summed E-state index contributed by atoms with van der Waals surface area (Å²) in [4.78, 5) is 13.7. The molecule has 1 saturated heterocycles. The van der Waals surface area contributed by atoms with Crippen LogP contribution in [0.15, 0.2) is 11.6 Å². The number of amides is 1. The van der Waals surface area contributed by atoms with E-state index in [1.807, 2.05) is 24.8 Å². The fourth-order valence-corrected chi connectivity index (χ4v) is 1.75. The van der Waals surface area contributed by atoms with Gasteiger partial charge in [0.2, 0.25) is 5.91 Å². The fraction of sp³-hybridized carbons (Fsp3) is 0.727. The first-order valence-corrected chi connectivity index (χ1v) is 5.07. The van der Waals surface area contributed by atoms with Crippen molar-refractivity contribution < 1.29 is 4.79 Å². The van der Waals surface area contributed by atoms with E-state index in [9.17, 15) is 4.79 Å². The van der Waals surface area contributed by atoms with E-state index in [1.165, 1.54) is 6.42 Å². The maximum Gasteiger partial charge on any atom is 0.249 e. The van der Waals surface area contributed by atoms with Crippen molar-refractivity contribution in [3.05, 3.63) is 11.6 Å². The molecule has 0 bridgehead atoms. The van der Waals surface area contributed by atoms with Crippen LogP contribution in [0.4, 0.5) is 0 Å². The van der Waals surface area contributed by atoms with E-state index in [1.54, 1.807) is 0 Å². The number of rotatable bonds is 1. The number of likely N-dealkylation sites (tertiary alicyclic amines) is 1. The van der Waals surface area contributed by atoms with Gasteiger partial charge in [0, 0.05) is 18.7 Å². The zero-order chi connectivity index (χ0) is 9.84. The summed E-state index contributed by atoms with van der Waals surface area (Å²) in [5.41, 5.74) is 0.870. The number of hydrogen-bond donors (Lipinski definition) is 0. The molecule has 2 nitrogen and oxygen atoms in total. The SMILES string of the molecule is C/C=C(/C)C(=O)N1CCC[C@H](C)C1. The van der Waals surface area contributed by atoms with Gasteiger partial charge in [-0.25, -0.2) is 0 Å². The first-order valence-electron chi connectivity index (χ1n) is 5.07. The lowest BCUT2D eigenvalue weighted by atomic mass is 10.00. The number of piperidine rings is 1. The van der Waals surface area contributed by atoms with Gasteiger partial charge in [-0.1, -0.05) is 13.0 Å². The molecule has 0 aromatic heterocycles. The zero-order valence-electron chi connectivity index (χ0n) is 8.84. The lowest BCUT2D eigenvalue weighted by molar-refractivity contribution is -0.128. The summed E-state index contributed by atoms with van der Waals surface area (Å²) in [7, 11) is 0. The lowest BCUT2D eigenvalue weighted by Crippen LogP contribution is -2.39. The van der Waals surface area contributed by atoms with Crippen molar-refractivity contribution in [2.24, 2.45) is 5.92 Å². The van der Waals surface area contributed by atoms with Crippen molar-refractivity contribution in [1.29, 1.82) is 0 Å². The van der Waals surface area contributed by atoms with Crippen molar-refractivity contribution in [2.75, 3.05) is 13.1 Å². The van der Waals surface area contributed by atoms with Crippen LogP contribution in [0.2, 0.25) is 0 Å². The van der Waals surface area contributed by atoms with Gasteiger partial charge >= 0.3 is 0 Å². The van der Waals surface area contributed by atoms with E-state index in [2.05, 4.69) is 6.92 Å². The number of nitrogens with zero attached hydrogens (tertiary/aromatic N) is 1. The molecule has 13 heavy (non-hydrogen) atoms. The Bertz CT molecular complexity index is 220. The Morgan fingerprint density at radius 1 is 1.54 bits per heavy atom. The summed E-state index contributed by atoms with van der Waals surface area (Å²) in [5, 5.41) is 0. The minimum Gasteiger partial charge on any atom is -0.339 e. The summed E-state index contributed by atoms with van der Waals surface area (Å²) in [6.45, 7) is 7.89. The van der Waals surface area contributed by atoms with E-state index in [0.29, 0.717) is 5.92 Å². The van der Waals surface area contributed by atoms with Gasteiger partial charge in [0.1, 0.15) is 0 Å². The average Bonchev–Trinajstić information content (AvgIpc) is 2.15. The standard InChI is InChI=1S/C11H19NO/c1-4-10(3)11(13)12-7-5-6-9(2)8-12/h4,9H,5-8H2,1-3H3/b10-4-/t9-/m0/s1. The monoisotopic (exact) mass is 181 g/mol. The molecular weight excluding hydrogens is 162 g/mol. The molecule has 1 aliphatic heterocycles. The van der Waals surface area contributed by atoms with Crippen molar-refractivity contribution in [3.63, 3.8) is 0 Å². The molecule has 1 heterocycles. The van der Waals surface area contributed by atoms with Crippen LogP contribution >= 0.6 is 0 Å². The zero-order valence-corrected chi connectivity index (χ0v) is 8.84. The third-order valence-electron chi connectivity index (χ3n) is 2.71. The van der Waals surface area contributed by atoms with Crippen LogP contribution in [-0.2, 0) is 4.79 Å². The molecule has 0 unspecified atom stereocenters. The second-order valence-electron chi connectivity index (χ2n) is 3.97. The Kier molecular flexibility index (Phi) is 3.52. The molecule has 0 saturated carbocycles. The minimum absolute atomic E-state index is 0.217. The summed E-state index contributed by atoms with van der Waals surface area (Å²) in [6, 6.07) is 0. The Labute approximate surface area is 80.6 Å². The minimum atomic E-state index is 0.217. The molecule has 1 rings (SSSR count). The first-order chi connectivity index (χ1) is 6.15. The van der Waals surface area contributed by atoms with Crippen molar-refractivity contribution in [3.8, 4) is 0 Å². The van der Waals surface area contributed by atoms with Crippen molar-refractivity contribution >= 4 is 5.91 Å². The molecule has 1 atom stereocenters. The van der Waals surface area contributed by atoms with E-state index < -0.39 is 0 Å². The van der Waals surface area contributed by atoms with Gasteiger partial charge in [-0.05, 0) is 32.6 Å². The van der Waals surface area contributed by atoms with Crippen LogP contribution in [0.5, 0.6) is 0 Å².